The lowest BCUT2D eigenvalue weighted by atomic mass is 10.2. The molecule has 1 heterocycles. The fraction of sp³-hybridized carbons (Fsp3) is 0.400. The Morgan fingerprint density at radius 2 is 2.26 bits per heavy atom. The number of aliphatic hydroxyl groups is 1. The Labute approximate surface area is 140 Å². The number of carbonyl (C=O) groups is 1. The number of hydrogen-bond donors (Lipinski definition) is 2. The molecule has 2 N–H and O–H groups in total. The summed E-state index contributed by atoms with van der Waals surface area (Å²) in [5.74, 6) is -0.371. The summed E-state index contributed by atoms with van der Waals surface area (Å²) in [6, 6.07) is 3.57. The van der Waals surface area contributed by atoms with Crippen LogP contribution in [0.15, 0.2) is 35.7 Å². The molecule has 0 spiro atoms. The van der Waals surface area contributed by atoms with Gasteiger partial charge in [-0.3, -0.25) is 4.79 Å². The highest BCUT2D eigenvalue weighted by Gasteiger charge is 2.40. The molecule has 126 valence electrons. The van der Waals surface area contributed by atoms with E-state index >= 15 is 0 Å². The van der Waals surface area contributed by atoms with Gasteiger partial charge in [-0.05, 0) is 37.1 Å². The summed E-state index contributed by atoms with van der Waals surface area (Å²) in [6.45, 7) is 4.93. The molecule has 0 bridgehead atoms. The normalized spacial score (nSPS) is 22.0. The van der Waals surface area contributed by atoms with Gasteiger partial charge in [0.05, 0.1) is 17.5 Å². The summed E-state index contributed by atoms with van der Waals surface area (Å²) < 4.78 is 26.8. The third-order valence-corrected chi connectivity index (χ3v) is 6.18. The molecule has 1 fully saturated rings. The topological polar surface area (TPSA) is 86.7 Å². The molecule has 8 heteroatoms. The zero-order valence-electron chi connectivity index (χ0n) is 12.7. The Morgan fingerprint density at radius 1 is 1.57 bits per heavy atom. The third kappa shape index (κ3) is 3.74. The van der Waals surface area contributed by atoms with Gasteiger partial charge in [0.15, 0.2) is 0 Å². The maximum Gasteiger partial charge on any atom is 0.243 e. The van der Waals surface area contributed by atoms with Crippen molar-refractivity contribution >= 4 is 27.5 Å². The number of aryl methyl sites for hydroxylation is 1. The van der Waals surface area contributed by atoms with E-state index in [1.807, 2.05) is 0 Å². The lowest BCUT2D eigenvalue weighted by molar-refractivity contribution is -0.117. The Balaban J connectivity index is 2.28. The van der Waals surface area contributed by atoms with E-state index in [4.69, 9.17) is 11.6 Å². The second-order valence-electron chi connectivity index (χ2n) is 5.47. The molecule has 2 unspecified atom stereocenters. The van der Waals surface area contributed by atoms with Crippen LogP contribution in [0.5, 0.6) is 0 Å². The minimum atomic E-state index is -3.80. The molecule has 1 aliphatic rings. The smallest absolute Gasteiger partial charge is 0.243 e. The van der Waals surface area contributed by atoms with Crippen LogP contribution in [0.2, 0.25) is 5.02 Å². The molecule has 2 rings (SSSR count). The van der Waals surface area contributed by atoms with Gasteiger partial charge in [-0.2, -0.15) is 4.31 Å². The molecule has 0 aliphatic carbocycles. The minimum Gasteiger partial charge on any atom is -0.395 e. The second kappa shape index (κ2) is 7.00. The monoisotopic (exact) mass is 358 g/mol. The number of halogens is 1. The number of nitrogens with zero attached hydrogens (tertiary/aromatic N) is 1. The van der Waals surface area contributed by atoms with Crippen molar-refractivity contribution in [3.8, 4) is 0 Å². The Morgan fingerprint density at radius 3 is 2.83 bits per heavy atom. The first-order chi connectivity index (χ1) is 10.8. The van der Waals surface area contributed by atoms with E-state index in [-0.39, 0.29) is 30.0 Å². The van der Waals surface area contributed by atoms with Crippen LogP contribution in [0.25, 0.3) is 0 Å². The van der Waals surface area contributed by atoms with Crippen molar-refractivity contribution in [2.24, 2.45) is 0 Å². The highest BCUT2D eigenvalue weighted by Crippen LogP contribution is 2.28. The molecule has 1 aromatic carbocycles. The van der Waals surface area contributed by atoms with Crippen LogP contribution in [0.3, 0.4) is 0 Å². The van der Waals surface area contributed by atoms with E-state index in [2.05, 4.69) is 11.9 Å². The molecule has 1 aliphatic heterocycles. The van der Waals surface area contributed by atoms with Gasteiger partial charge in [0.25, 0.3) is 0 Å². The van der Waals surface area contributed by atoms with E-state index in [1.54, 1.807) is 13.0 Å². The first-order valence-electron chi connectivity index (χ1n) is 7.11. The van der Waals surface area contributed by atoms with Crippen LogP contribution in [0, 0.1) is 6.92 Å². The van der Waals surface area contributed by atoms with Crippen molar-refractivity contribution in [3.05, 3.63) is 41.4 Å². The SMILES string of the molecule is C=CC(=O)NC1CC(CO)N(S(=O)(=O)c2ccc(C)c(Cl)c2)C1. The lowest BCUT2D eigenvalue weighted by Gasteiger charge is -2.22. The van der Waals surface area contributed by atoms with Gasteiger partial charge >= 0.3 is 0 Å². The van der Waals surface area contributed by atoms with Crippen molar-refractivity contribution in [2.45, 2.75) is 30.3 Å². The van der Waals surface area contributed by atoms with Crippen molar-refractivity contribution in [1.82, 2.24) is 9.62 Å². The zero-order chi connectivity index (χ0) is 17.2. The first kappa shape index (κ1) is 17.9. The molecule has 6 nitrogen and oxygen atoms in total. The average molecular weight is 359 g/mol. The maximum absolute atomic E-state index is 12.8. The summed E-state index contributed by atoms with van der Waals surface area (Å²) in [5, 5.41) is 12.5. The van der Waals surface area contributed by atoms with Gasteiger partial charge in [0.1, 0.15) is 0 Å². The van der Waals surface area contributed by atoms with Crippen LogP contribution in [-0.2, 0) is 14.8 Å². The summed E-state index contributed by atoms with van der Waals surface area (Å²) in [6.07, 6.45) is 1.47. The van der Waals surface area contributed by atoms with Gasteiger partial charge in [-0.1, -0.05) is 24.2 Å². The standard InChI is InChI=1S/C15H19ClN2O4S/c1-3-15(20)17-11-6-12(9-19)18(8-11)23(21,22)13-5-4-10(2)14(16)7-13/h3-5,7,11-12,19H,1,6,8-9H2,2H3,(H,17,20). The van der Waals surface area contributed by atoms with E-state index in [0.717, 1.165) is 11.6 Å². The number of sulfonamides is 1. The predicted octanol–water partition coefficient (Wildman–Crippen LogP) is 1.07. The van der Waals surface area contributed by atoms with Gasteiger partial charge in [-0.25, -0.2) is 8.42 Å². The molecule has 1 saturated heterocycles. The van der Waals surface area contributed by atoms with Crippen LogP contribution in [-0.4, -0.2) is 49.0 Å². The third-order valence-electron chi connectivity index (χ3n) is 3.86. The van der Waals surface area contributed by atoms with Gasteiger partial charge < -0.3 is 10.4 Å². The Kier molecular flexibility index (Phi) is 5.46. The lowest BCUT2D eigenvalue weighted by Crippen LogP contribution is -2.39. The number of rotatable bonds is 5. The maximum atomic E-state index is 12.8. The number of aliphatic hydroxyl groups excluding tert-OH is 1. The molecule has 23 heavy (non-hydrogen) atoms. The van der Waals surface area contributed by atoms with Crippen LogP contribution < -0.4 is 5.32 Å². The van der Waals surface area contributed by atoms with Crippen molar-refractivity contribution in [1.29, 1.82) is 0 Å². The minimum absolute atomic E-state index is 0.0715. The molecule has 1 aromatic rings. The predicted molar refractivity (Wildman–Crippen MR) is 87.7 cm³/mol. The molecule has 1 amide bonds. The number of nitrogens with one attached hydrogen (secondary N) is 1. The van der Waals surface area contributed by atoms with Gasteiger partial charge in [0, 0.05) is 17.6 Å². The van der Waals surface area contributed by atoms with E-state index < -0.39 is 16.1 Å². The summed E-state index contributed by atoms with van der Waals surface area (Å²) in [5.41, 5.74) is 0.780. The van der Waals surface area contributed by atoms with E-state index in [1.165, 1.54) is 16.4 Å². The quantitative estimate of drug-likeness (QED) is 0.771. The average Bonchev–Trinajstić information content (AvgIpc) is 2.93. The molecule has 2 atom stereocenters. The Hall–Kier alpha value is -1.41. The van der Waals surface area contributed by atoms with Crippen molar-refractivity contribution in [3.63, 3.8) is 0 Å². The number of hydrogen-bond acceptors (Lipinski definition) is 4. The Bertz CT molecular complexity index is 720. The fourth-order valence-corrected chi connectivity index (χ4v) is 4.53. The van der Waals surface area contributed by atoms with Crippen molar-refractivity contribution in [2.75, 3.05) is 13.2 Å². The second-order valence-corrected chi connectivity index (χ2v) is 7.77. The summed E-state index contributed by atoms with van der Waals surface area (Å²) >= 11 is 6.01. The molecular weight excluding hydrogens is 340 g/mol. The van der Waals surface area contributed by atoms with E-state index in [9.17, 15) is 18.3 Å². The largest absolute Gasteiger partial charge is 0.395 e. The fourth-order valence-electron chi connectivity index (χ4n) is 2.58. The first-order valence-corrected chi connectivity index (χ1v) is 8.93. The van der Waals surface area contributed by atoms with Gasteiger partial charge in [0.2, 0.25) is 15.9 Å². The highest BCUT2D eigenvalue weighted by atomic mass is 35.5. The molecule has 0 saturated carbocycles. The number of benzene rings is 1. The summed E-state index contributed by atoms with van der Waals surface area (Å²) in [4.78, 5) is 11.5. The van der Waals surface area contributed by atoms with Crippen LogP contribution in [0.1, 0.15) is 12.0 Å². The number of amides is 1. The van der Waals surface area contributed by atoms with Crippen molar-refractivity contribution < 1.29 is 18.3 Å². The molecular formula is C15H19ClN2O4S. The zero-order valence-corrected chi connectivity index (χ0v) is 14.3. The van der Waals surface area contributed by atoms with Gasteiger partial charge in [-0.15, -0.1) is 0 Å². The molecule has 0 radical (unpaired) electrons. The van der Waals surface area contributed by atoms with E-state index in [0.29, 0.717) is 11.4 Å². The summed E-state index contributed by atoms with van der Waals surface area (Å²) in [7, 11) is -3.80. The van der Waals surface area contributed by atoms with Crippen LogP contribution in [0.4, 0.5) is 0 Å². The highest BCUT2D eigenvalue weighted by molar-refractivity contribution is 7.89. The number of carbonyl (C=O) groups excluding carboxylic acids is 1. The molecule has 0 aromatic heterocycles. The van der Waals surface area contributed by atoms with Crippen LogP contribution >= 0.6 is 11.6 Å².